The monoisotopic (exact) mass is 270 g/mol. The first-order chi connectivity index (χ1) is 8.58. The molecule has 0 saturated carbocycles. The van der Waals surface area contributed by atoms with Crippen molar-refractivity contribution in [3.8, 4) is 0 Å². The summed E-state index contributed by atoms with van der Waals surface area (Å²) >= 11 is 5.59. The standard InChI is InChI=1S/C11H12ClFN4O/c1-17-3-2-14-11(17)9(18)6-16-10-8(13)4-7(12)5-15-10/h2-5,9,18H,6H2,1H3,(H,15,16). The number of aliphatic hydroxyl groups excluding tert-OH is 1. The van der Waals surface area contributed by atoms with E-state index >= 15 is 0 Å². The van der Waals surface area contributed by atoms with Crippen molar-refractivity contribution in [1.29, 1.82) is 0 Å². The zero-order valence-corrected chi connectivity index (χ0v) is 10.4. The van der Waals surface area contributed by atoms with Crippen molar-refractivity contribution in [2.45, 2.75) is 6.10 Å². The van der Waals surface area contributed by atoms with Crippen LogP contribution in [0.15, 0.2) is 24.7 Å². The average molecular weight is 271 g/mol. The molecule has 0 bridgehead atoms. The normalized spacial score (nSPS) is 12.4. The van der Waals surface area contributed by atoms with E-state index in [9.17, 15) is 9.50 Å². The van der Waals surface area contributed by atoms with E-state index in [1.54, 1.807) is 24.0 Å². The number of imidazole rings is 1. The van der Waals surface area contributed by atoms with Gasteiger partial charge in [0.2, 0.25) is 0 Å². The summed E-state index contributed by atoms with van der Waals surface area (Å²) in [5, 5.41) is 12.8. The zero-order chi connectivity index (χ0) is 13.1. The van der Waals surface area contributed by atoms with Crippen LogP contribution in [0.1, 0.15) is 11.9 Å². The SMILES string of the molecule is Cn1ccnc1C(O)CNc1ncc(Cl)cc1F. The molecule has 2 heterocycles. The highest BCUT2D eigenvalue weighted by molar-refractivity contribution is 6.30. The van der Waals surface area contributed by atoms with Crippen molar-refractivity contribution < 1.29 is 9.50 Å². The molecule has 0 fully saturated rings. The molecule has 1 atom stereocenters. The van der Waals surface area contributed by atoms with Crippen LogP contribution in [0.5, 0.6) is 0 Å². The lowest BCUT2D eigenvalue weighted by molar-refractivity contribution is 0.178. The Balaban J connectivity index is 2.01. The fourth-order valence-electron chi connectivity index (χ4n) is 1.53. The molecule has 2 aromatic heterocycles. The highest BCUT2D eigenvalue weighted by atomic mass is 35.5. The van der Waals surface area contributed by atoms with Crippen LogP contribution in [0.2, 0.25) is 5.02 Å². The Bertz CT molecular complexity index is 546. The first kappa shape index (κ1) is 12.8. The maximum atomic E-state index is 13.4. The molecule has 7 heteroatoms. The highest BCUT2D eigenvalue weighted by Gasteiger charge is 2.13. The van der Waals surface area contributed by atoms with Crippen LogP contribution < -0.4 is 5.32 Å². The number of nitrogens with one attached hydrogen (secondary N) is 1. The summed E-state index contributed by atoms with van der Waals surface area (Å²) in [4.78, 5) is 7.80. The molecule has 18 heavy (non-hydrogen) atoms. The molecule has 0 radical (unpaired) electrons. The molecule has 1 unspecified atom stereocenters. The summed E-state index contributed by atoms with van der Waals surface area (Å²) in [6.07, 6.45) is 3.79. The second kappa shape index (κ2) is 5.32. The molecule has 0 amide bonds. The number of nitrogens with zero attached hydrogens (tertiary/aromatic N) is 3. The number of pyridine rings is 1. The molecule has 96 valence electrons. The predicted molar refractivity (Wildman–Crippen MR) is 65.9 cm³/mol. The van der Waals surface area contributed by atoms with Crippen LogP contribution in [0.3, 0.4) is 0 Å². The molecule has 5 nitrogen and oxygen atoms in total. The lowest BCUT2D eigenvalue weighted by Crippen LogP contribution is -2.17. The lowest BCUT2D eigenvalue weighted by atomic mass is 10.3. The van der Waals surface area contributed by atoms with Crippen molar-refractivity contribution in [3.63, 3.8) is 0 Å². The molecule has 0 saturated heterocycles. The second-order valence-electron chi connectivity index (χ2n) is 3.78. The minimum Gasteiger partial charge on any atom is -0.383 e. The van der Waals surface area contributed by atoms with Crippen molar-refractivity contribution in [2.75, 3.05) is 11.9 Å². The predicted octanol–water partition coefficient (Wildman–Crippen LogP) is 1.75. The molecule has 0 aliphatic rings. The number of anilines is 1. The summed E-state index contributed by atoms with van der Waals surface area (Å²) in [5.74, 6) is -0.0147. The molecule has 2 aromatic rings. The molecule has 2 rings (SSSR count). The van der Waals surface area contributed by atoms with Gasteiger partial charge in [-0.05, 0) is 6.07 Å². The van der Waals surface area contributed by atoms with Crippen molar-refractivity contribution >= 4 is 17.4 Å². The Morgan fingerprint density at radius 1 is 1.56 bits per heavy atom. The van der Waals surface area contributed by atoms with Gasteiger partial charge in [-0.3, -0.25) is 0 Å². The maximum absolute atomic E-state index is 13.4. The van der Waals surface area contributed by atoms with E-state index in [0.29, 0.717) is 5.82 Å². The minimum absolute atomic E-state index is 0.0488. The van der Waals surface area contributed by atoms with E-state index in [1.807, 2.05) is 0 Å². The van der Waals surface area contributed by atoms with Gasteiger partial charge in [0, 0.05) is 32.2 Å². The third-order valence-corrected chi connectivity index (χ3v) is 2.63. The summed E-state index contributed by atoms with van der Waals surface area (Å²) in [5.41, 5.74) is 0. The molecule has 0 aliphatic carbocycles. The molecular weight excluding hydrogens is 259 g/mol. The van der Waals surface area contributed by atoms with Crippen molar-refractivity contribution in [1.82, 2.24) is 14.5 Å². The Morgan fingerprint density at radius 3 is 2.94 bits per heavy atom. The van der Waals surface area contributed by atoms with Crippen LogP contribution in [-0.4, -0.2) is 26.2 Å². The van der Waals surface area contributed by atoms with E-state index in [2.05, 4.69) is 15.3 Å². The summed E-state index contributed by atoms with van der Waals surface area (Å²) < 4.78 is 15.1. The number of rotatable bonds is 4. The van der Waals surface area contributed by atoms with Gasteiger partial charge in [-0.25, -0.2) is 14.4 Å². The topological polar surface area (TPSA) is 63.0 Å². The fraction of sp³-hybridized carbons (Fsp3) is 0.273. The number of hydrogen-bond donors (Lipinski definition) is 2. The van der Waals surface area contributed by atoms with E-state index in [0.717, 1.165) is 6.07 Å². The van der Waals surface area contributed by atoms with Gasteiger partial charge in [0.25, 0.3) is 0 Å². The van der Waals surface area contributed by atoms with Gasteiger partial charge >= 0.3 is 0 Å². The first-order valence-electron chi connectivity index (χ1n) is 5.28. The molecule has 0 aromatic carbocycles. The third-order valence-electron chi connectivity index (χ3n) is 2.43. The van der Waals surface area contributed by atoms with Crippen LogP contribution in [0.4, 0.5) is 10.2 Å². The average Bonchev–Trinajstić information content (AvgIpc) is 2.74. The van der Waals surface area contributed by atoms with Gasteiger partial charge in [-0.2, -0.15) is 0 Å². The summed E-state index contributed by atoms with van der Waals surface area (Å²) in [6, 6.07) is 1.16. The van der Waals surface area contributed by atoms with Crippen LogP contribution >= 0.6 is 11.6 Å². The lowest BCUT2D eigenvalue weighted by Gasteiger charge is -2.12. The maximum Gasteiger partial charge on any atom is 0.166 e. The Kier molecular flexibility index (Phi) is 3.78. The van der Waals surface area contributed by atoms with Crippen molar-refractivity contribution in [3.05, 3.63) is 41.3 Å². The number of aromatic nitrogens is 3. The van der Waals surface area contributed by atoms with Gasteiger partial charge in [0.05, 0.1) is 5.02 Å². The smallest absolute Gasteiger partial charge is 0.166 e. The van der Waals surface area contributed by atoms with Crippen molar-refractivity contribution in [2.24, 2.45) is 7.05 Å². The third kappa shape index (κ3) is 2.77. The number of aryl methyl sites for hydroxylation is 1. The highest BCUT2D eigenvalue weighted by Crippen LogP contribution is 2.17. The number of halogens is 2. The molecule has 0 spiro atoms. The largest absolute Gasteiger partial charge is 0.383 e. The van der Waals surface area contributed by atoms with E-state index in [1.165, 1.54) is 6.20 Å². The Hall–Kier alpha value is -1.66. The van der Waals surface area contributed by atoms with Gasteiger partial charge in [-0.1, -0.05) is 11.6 Å². The van der Waals surface area contributed by atoms with E-state index in [4.69, 9.17) is 11.6 Å². The molecular formula is C11H12ClFN4O. The van der Waals surface area contributed by atoms with Crippen LogP contribution in [0, 0.1) is 5.82 Å². The van der Waals surface area contributed by atoms with Gasteiger partial charge in [0.1, 0.15) is 11.9 Å². The van der Waals surface area contributed by atoms with Gasteiger partial charge in [-0.15, -0.1) is 0 Å². The van der Waals surface area contributed by atoms with Gasteiger partial charge < -0.3 is 15.0 Å². The van der Waals surface area contributed by atoms with Crippen LogP contribution in [0.25, 0.3) is 0 Å². The number of hydrogen-bond acceptors (Lipinski definition) is 4. The van der Waals surface area contributed by atoms with Gasteiger partial charge in [0.15, 0.2) is 11.6 Å². The van der Waals surface area contributed by atoms with E-state index in [-0.39, 0.29) is 17.4 Å². The Labute approximate surface area is 108 Å². The molecule has 2 N–H and O–H groups in total. The number of aliphatic hydroxyl groups is 1. The Morgan fingerprint density at radius 2 is 2.33 bits per heavy atom. The summed E-state index contributed by atoms with van der Waals surface area (Å²) in [6.45, 7) is 0.108. The zero-order valence-electron chi connectivity index (χ0n) is 9.64. The fourth-order valence-corrected chi connectivity index (χ4v) is 1.67. The second-order valence-corrected chi connectivity index (χ2v) is 4.21. The first-order valence-corrected chi connectivity index (χ1v) is 5.66. The summed E-state index contributed by atoms with van der Waals surface area (Å²) in [7, 11) is 1.77. The quantitative estimate of drug-likeness (QED) is 0.889. The van der Waals surface area contributed by atoms with Crippen LogP contribution in [-0.2, 0) is 7.05 Å². The molecule has 0 aliphatic heterocycles. The minimum atomic E-state index is -0.845. The van der Waals surface area contributed by atoms with E-state index < -0.39 is 11.9 Å².